The number of benzene rings is 3. The lowest BCUT2D eigenvalue weighted by molar-refractivity contribution is 0.143. The number of phenolic OH excluding ortho intramolecular Hbond substituents is 1. The summed E-state index contributed by atoms with van der Waals surface area (Å²) in [6.07, 6.45) is 3.90. The molecule has 154 valence electrons. The van der Waals surface area contributed by atoms with Crippen LogP contribution in [0.15, 0.2) is 72.8 Å². The highest BCUT2D eigenvalue weighted by molar-refractivity contribution is 5.79. The lowest BCUT2D eigenvalue weighted by atomic mass is 9.98. The van der Waals surface area contributed by atoms with Crippen molar-refractivity contribution in [1.82, 2.24) is 5.32 Å². The molecule has 2 N–H and O–H groups in total. The average molecular weight is 410 g/mol. The van der Waals surface area contributed by atoms with Gasteiger partial charge in [-0.25, -0.2) is 4.79 Å². The number of amides is 1. The van der Waals surface area contributed by atoms with E-state index in [1.807, 2.05) is 42.5 Å². The maximum Gasteiger partial charge on any atom is 0.407 e. The molecule has 3 aromatic carbocycles. The number of nitrogens with one attached hydrogen (secondary N) is 1. The average Bonchev–Trinajstić information content (AvgIpc) is 3.11. The monoisotopic (exact) mass is 410 g/mol. The number of phenols is 1. The van der Waals surface area contributed by atoms with E-state index in [2.05, 4.69) is 29.6 Å². The molecule has 0 spiro atoms. The van der Waals surface area contributed by atoms with Crippen molar-refractivity contribution in [3.8, 4) is 22.9 Å². The standard InChI is InChI=1S/C26H22N2O3/c27-16-19-13-12-18(15-25(19)29)7-5-6-14-28-26(30)31-17-24-22-10-3-1-8-20(22)21-9-2-4-11-23(21)24/h1-5,7-13,15,24,29H,6,14,17H2,(H,28,30). The number of rotatable bonds is 6. The Morgan fingerprint density at radius 1 is 1.06 bits per heavy atom. The van der Waals surface area contributed by atoms with Gasteiger partial charge in [0.05, 0.1) is 5.56 Å². The highest BCUT2D eigenvalue weighted by Crippen LogP contribution is 2.44. The molecule has 31 heavy (non-hydrogen) atoms. The van der Waals surface area contributed by atoms with E-state index in [9.17, 15) is 9.90 Å². The van der Waals surface area contributed by atoms with Crippen LogP contribution in [0.5, 0.6) is 5.75 Å². The minimum absolute atomic E-state index is 0.0404. The van der Waals surface area contributed by atoms with E-state index < -0.39 is 6.09 Å². The molecule has 1 aliphatic carbocycles. The Morgan fingerprint density at radius 2 is 1.74 bits per heavy atom. The van der Waals surface area contributed by atoms with Crippen LogP contribution < -0.4 is 5.32 Å². The summed E-state index contributed by atoms with van der Waals surface area (Å²) >= 11 is 0. The Labute approximate surface area is 181 Å². The number of alkyl carbamates (subject to hydrolysis) is 1. The van der Waals surface area contributed by atoms with Crippen molar-refractivity contribution in [2.75, 3.05) is 13.2 Å². The molecule has 5 nitrogen and oxygen atoms in total. The zero-order chi connectivity index (χ0) is 21.6. The molecule has 1 aliphatic rings. The number of hydrogen-bond donors (Lipinski definition) is 2. The van der Waals surface area contributed by atoms with Crippen LogP contribution in [0, 0.1) is 11.3 Å². The van der Waals surface area contributed by atoms with Crippen molar-refractivity contribution < 1.29 is 14.6 Å². The number of carbonyl (C=O) groups excluding carboxylic acids is 1. The molecule has 0 unspecified atom stereocenters. The van der Waals surface area contributed by atoms with Crippen molar-refractivity contribution in [3.63, 3.8) is 0 Å². The van der Waals surface area contributed by atoms with Crippen LogP contribution in [0.3, 0.4) is 0 Å². The molecule has 0 saturated carbocycles. The summed E-state index contributed by atoms with van der Waals surface area (Å²) in [5.74, 6) is 0.00326. The summed E-state index contributed by atoms with van der Waals surface area (Å²) in [7, 11) is 0. The number of carbonyl (C=O) groups is 1. The van der Waals surface area contributed by atoms with Gasteiger partial charge in [-0.05, 0) is 46.4 Å². The predicted molar refractivity (Wildman–Crippen MR) is 120 cm³/mol. The van der Waals surface area contributed by atoms with Crippen molar-refractivity contribution in [2.24, 2.45) is 0 Å². The van der Waals surface area contributed by atoms with Gasteiger partial charge in [-0.15, -0.1) is 0 Å². The third kappa shape index (κ3) is 4.44. The van der Waals surface area contributed by atoms with Gasteiger partial charge in [0.1, 0.15) is 18.4 Å². The third-order valence-corrected chi connectivity index (χ3v) is 5.38. The minimum Gasteiger partial charge on any atom is -0.507 e. The van der Waals surface area contributed by atoms with Crippen LogP contribution in [0.2, 0.25) is 0 Å². The Hall–Kier alpha value is -4.04. The van der Waals surface area contributed by atoms with Gasteiger partial charge in [0.25, 0.3) is 0 Å². The molecule has 0 fully saturated rings. The van der Waals surface area contributed by atoms with E-state index in [1.165, 1.54) is 28.3 Å². The van der Waals surface area contributed by atoms with Crippen molar-refractivity contribution >= 4 is 12.2 Å². The van der Waals surface area contributed by atoms with Crippen molar-refractivity contribution in [2.45, 2.75) is 12.3 Å². The largest absolute Gasteiger partial charge is 0.507 e. The Kier molecular flexibility index (Phi) is 6.00. The number of ether oxygens (including phenoxy) is 1. The van der Waals surface area contributed by atoms with E-state index in [4.69, 9.17) is 10.00 Å². The summed E-state index contributed by atoms with van der Waals surface area (Å²) in [6, 6.07) is 23.3. The molecule has 0 bridgehead atoms. The summed E-state index contributed by atoms with van der Waals surface area (Å²) in [5, 5.41) is 21.3. The molecule has 3 aromatic rings. The maximum atomic E-state index is 12.2. The predicted octanol–water partition coefficient (Wildman–Crippen LogP) is 5.21. The second kappa shape index (κ2) is 9.19. The molecule has 0 heterocycles. The van der Waals surface area contributed by atoms with Gasteiger partial charge in [-0.2, -0.15) is 5.26 Å². The van der Waals surface area contributed by atoms with E-state index in [0.29, 0.717) is 19.6 Å². The molecular weight excluding hydrogens is 388 g/mol. The van der Waals surface area contributed by atoms with E-state index in [1.54, 1.807) is 12.1 Å². The van der Waals surface area contributed by atoms with Crippen LogP contribution in [-0.2, 0) is 4.74 Å². The molecule has 0 atom stereocenters. The summed E-state index contributed by atoms with van der Waals surface area (Å²) in [4.78, 5) is 12.2. The first-order chi connectivity index (χ1) is 15.2. The Balaban J connectivity index is 1.27. The molecule has 5 heteroatoms. The van der Waals surface area contributed by atoms with Gasteiger partial charge in [0, 0.05) is 12.5 Å². The van der Waals surface area contributed by atoms with E-state index in [-0.39, 0.29) is 17.2 Å². The van der Waals surface area contributed by atoms with Gasteiger partial charge in [0.2, 0.25) is 0 Å². The number of aromatic hydroxyl groups is 1. The first kappa shape index (κ1) is 20.2. The van der Waals surface area contributed by atoms with Gasteiger partial charge < -0.3 is 15.2 Å². The molecule has 0 aliphatic heterocycles. The van der Waals surface area contributed by atoms with Crippen molar-refractivity contribution in [3.05, 3.63) is 95.1 Å². The topological polar surface area (TPSA) is 82.4 Å². The fourth-order valence-electron chi connectivity index (χ4n) is 3.87. The van der Waals surface area contributed by atoms with Crippen LogP contribution in [-0.4, -0.2) is 24.4 Å². The summed E-state index contributed by atoms with van der Waals surface area (Å²) < 4.78 is 5.51. The van der Waals surface area contributed by atoms with E-state index in [0.717, 1.165) is 5.56 Å². The fraction of sp³-hybridized carbons (Fsp3) is 0.154. The van der Waals surface area contributed by atoms with Crippen molar-refractivity contribution in [1.29, 1.82) is 5.26 Å². The van der Waals surface area contributed by atoms with Gasteiger partial charge >= 0.3 is 6.09 Å². The Morgan fingerprint density at radius 3 is 2.39 bits per heavy atom. The number of fused-ring (bicyclic) bond motifs is 3. The van der Waals surface area contributed by atoms with Gasteiger partial charge in [-0.3, -0.25) is 0 Å². The molecular formula is C26H22N2O3. The zero-order valence-corrected chi connectivity index (χ0v) is 16.9. The molecule has 0 aromatic heterocycles. The minimum atomic E-state index is -0.439. The number of nitriles is 1. The fourth-order valence-corrected chi connectivity index (χ4v) is 3.87. The smallest absolute Gasteiger partial charge is 0.407 e. The molecule has 4 rings (SSSR count). The second-order valence-corrected chi connectivity index (χ2v) is 7.33. The maximum absolute atomic E-state index is 12.2. The van der Waals surface area contributed by atoms with Gasteiger partial charge in [0.15, 0.2) is 0 Å². The quantitative estimate of drug-likeness (QED) is 0.547. The zero-order valence-electron chi connectivity index (χ0n) is 16.9. The lowest BCUT2D eigenvalue weighted by Crippen LogP contribution is -2.26. The Bertz CT molecular complexity index is 1130. The molecule has 0 radical (unpaired) electrons. The first-order valence-corrected chi connectivity index (χ1v) is 10.2. The number of nitrogens with zero attached hydrogens (tertiary/aromatic N) is 1. The molecule has 0 saturated heterocycles. The van der Waals surface area contributed by atoms with Crippen LogP contribution >= 0.6 is 0 Å². The highest BCUT2D eigenvalue weighted by Gasteiger charge is 2.28. The third-order valence-electron chi connectivity index (χ3n) is 5.38. The molecule has 1 amide bonds. The first-order valence-electron chi connectivity index (χ1n) is 10.2. The second-order valence-electron chi connectivity index (χ2n) is 7.33. The highest BCUT2D eigenvalue weighted by atomic mass is 16.5. The summed E-state index contributed by atoms with van der Waals surface area (Å²) in [6.45, 7) is 0.732. The van der Waals surface area contributed by atoms with Crippen LogP contribution in [0.4, 0.5) is 4.79 Å². The van der Waals surface area contributed by atoms with Crippen LogP contribution in [0.1, 0.15) is 34.6 Å². The van der Waals surface area contributed by atoms with Gasteiger partial charge in [-0.1, -0.05) is 66.7 Å². The lowest BCUT2D eigenvalue weighted by Gasteiger charge is -2.14. The van der Waals surface area contributed by atoms with E-state index >= 15 is 0 Å². The summed E-state index contributed by atoms with van der Waals surface area (Å²) in [5.41, 5.74) is 5.80. The van der Waals surface area contributed by atoms with Crippen LogP contribution in [0.25, 0.3) is 17.2 Å². The SMILES string of the molecule is N#Cc1ccc(C=CCCNC(=O)OCC2c3ccccc3-c3ccccc32)cc1O. The number of hydrogen-bond acceptors (Lipinski definition) is 4. The normalized spacial score (nSPS) is 12.2.